The minimum atomic E-state index is -0.686. The quantitative estimate of drug-likeness (QED) is 0.609. The molecule has 0 aliphatic heterocycles. The van der Waals surface area contributed by atoms with E-state index >= 15 is 0 Å². The van der Waals surface area contributed by atoms with Gasteiger partial charge in [-0.2, -0.15) is 11.8 Å². The monoisotopic (exact) mass is 190 g/mol. The van der Waals surface area contributed by atoms with Gasteiger partial charge in [-0.05, 0) is 24.0 Å². The largest absolute Gasteiger partial charge is 0.481 e. The fourth-order valence-corrected chi connectivity index (χ4v) is 2.29. The van der Waals surface area contributed by atoms with Gasteiger partial charge in [0.1, 0.15) is 0 Å². The molecular weight excluding hydrogens is 176 g/mol. The third-order valence-electron chi connectivity index (χ3n) is 2.07. The van der Waals surface area contributed by atoms with Crippen LogP contribution in [0.5, 0.6) is 0 Å². The fourth-order valence-electron chi connectivity index (χ4n) is 1.29. The van der Waals surface area contributed by atoms with Gasteiger partial charge < -0.3 is 10.2 Å². The molecule has 0 heterocycles. The van der Waals surface area contributed by atoms with E-state index in [1.807, 2.05) is 0 Å². The normalized spacial score (nSPS) is 27.1. The SMILES string of the molecule is O=C(O)C[C@@H]1C[C@@H]1CSCCO. The summed E-state index contributed by atoms with van der Waals surface area (Å²) in [6.45, 7) is 0.223. The average Bonchev–Trinajstić information content (AvgIpc) is 2.67. The number of thioether (sulfide) groups is 1. The van der Waals surface area contributed by atoms with Crippen LogP contribution in [0, 0.1) is 11.8 Å². The Labute approximate surface area is 76.2 Å². The van der Waals surface area contributed by atoms with Crippen LogP contribution in [0.2, 0.25) is 0 Å². The lowest BCUT2D eigenvalue weighted by molar-refractivity contribution is -0.137. The molecule has 0 aromatic rings. The molecule has 2 atom stereocenters. The van der Waals surface area contributed by atoms with Crippen molar-refractivity contribution in [1.29, 1.82) is 0 Å². The Kier molecular flexibility index (Phi) is 3.88. The highest BCUT2D eigenvalue weighted by Crippen LogP contribution is 2.43. The van der Waals surface area contributed by atoms with Gasteiger partial charge in [0.25, 0.3) is 0 Å². The maximum Gasteiger partial charge on any atom is 0.303 e. The Morgan fingerprint density at radius 1 is 1.50 bits per heavy atom. The highest BCUT2D eigenvalue weighted by atomic mass is 32.2. The molecule has 1 saturated carbocycles. The van der Waals surface area contributed by atoms with Crippen molar-refractivity contribution in [2.75, 3.05) is 18.1 Å². The number of carboxylic acids is 1. The van der Waals surface area contributed by atoms with Crippen molar-refractivity contribution in [3.05, 3.63) is 0 Å². The summed E-state index contributed by atoms with van der Waals surface area (Å²) in [5.74, 6) is 2.11. The summed E-state index contributed by atoms with van der Waals surface area (Å²) in [5, 5.41) is 17.0. The summed E-state index contributed by atoms with van der Waals surface area (Å²) in [4.78, 5) is 10.3. The minimum Gasteiger partial charge on any atom is -0.481 e. The van der Waals surface area contributed by atoms with Crippen LogP contribution in [-0.4, -0.2) is 34.3 Å². The number of aliphatic hydroxyl groups excluding tert-OH is 1. The second-order valence-electron chi connectivity index (χ2n) is 3.15. The summed E-state index contributed by atoms with van der Waals surface area (Å²) in [7, 11) is 0. The molecule has 0 radical (unpaired) electrons. The number of aliphatic carboxylic acids is 1. The van der Waals surface area contributed by atoms with Gasteiger partial charge in [0, 0.05) is 12.2 Å². The van der Waals surface area contributed by atoms with Gasteiger partial charge in [-0.1, -0.05) is 0 Å². The van der Waals surface area contributed by atoms with E-state index in [2.05, 4.69) is 0 Å². The molecule has 1 fully saturated rings. The van der Waals surface area contributed by atoms with Crippen molar-refractivity contribution < 1.29 is 15.0 Å². The molecule has 0 saturated heterocycles. The zero-order chi connectivity index (χ0) is 8.97. The first-order valence-electron chi connectivity index (χ1n) is 4.14. The first kappa shape index (κ1) is 9.86. The lowest BCUT2D eigenvalue weighted by Gasteiger charge is -1.96. The molecule has 0 aromatic heterocycles. The van der Waals surface area contributed by atoms with Crippen molar-refractivity contribution in [3.8, 4) is 0 Å². The van der Waals surface area contributed by atoms with E-state index in [0.29, 0.717) is 18.3 Å². The van der Waals surface area contributed by atoms with Crippen molar-refractivity contribution in [2.45, 2.75) is 12.8 Å². The van der Waals surface area contributed by atoms with Gasteiger partial charge in [0.15, 0.2) is 0 Å². The second kappa shape index (κ2) is 4.72. The van der Waals surface area contributed by atoms with Crippen LogP contribution in [0.3, 0.4) is 0 Å². The maximum atomic E-state index is 10.3. The van der Waals surface area contributed by atoms with E-state index < -0.39 is 5.97 Å². The van der Waals surface area contributed by atoms with Crippen LogP contribution in [0.15, 0.2) is 0 Å². The van der Waals surface area contributed by atoms with E-state index in [4.69, 9.17) is 10.2 Å². The molecule has 0 spiro atoms. The molecule has 1 aliphatic carbocycles. The zero-order valence-electron chi connectivity index (χ0n) is 6.90. The second-order valence-corrected chi connectivity index (χ2v) is 4.30. The van der Waals surface area contributed by atoms with E-state index in [9.17, 15) is 4.79 Å². The van der Waals surface area contributed by atoms with Crippen LogP contribution in [0.25, 0.3) is 0 Å². The van der Waals surface area contributed by atoms with Crippen LogP contribution < -0.4 is 0 Å². The molecule has 2 N–H and O–H groups in total. The van der Waals surface area contributed by atoms with E-state index in [0.717, 1.165) is 17.9 Å². The Hall–Kier alpha value is -0.220. The molecule has 12 heavy (non-hydrogen) atoms. The third kappa shape index (κ3) is 3.45. The molecule has 3 nitrogen and oxygen atoms in total. The zero-order valence-corrected chi connectivity index (χ0v) is 7.72. The van der Waals surface area contributed by atoms with Gasteiger partial charge in [-0.25, -0.2) is 0 Å². The van der Waals surface area contributed by atoms with Crippen molar-refractivity contribution >= 4 is 17.7 Å². The molecule has 0 aromatic carbocycles. The van der Waals surface area contributed by atoms with Gasteiger partial charge in [0.2, 0.25) is 0 Å². The van der Waals surface area contributed by atoms with E-state index in [1.165, 1.54) is 0 Å². The smallest absolute Gasteiger partial charge is 0.303 e. The first-order valence-corrected chi connectivity index (χ1v) is 5.30. The summed E-state index contributed by atoms with van der Waals surface area (Å²) in [5.41, 5.74) is 0. The lowest BCUT2D eigenvalue weighted by Crippen LogP contribution is -1.98. The average molecular weight is 190 g/mol. The van der Waals surface area contributed by atoms with Crippen LogP contribution in [0.4, 0.5) is 0 Å². The number of rotatable bonds is 6. The summed E-state index contributed by atoms with van der Waals surface area (Å²) < 4.78 is 0. The molecule has 0 unspecified atom stereocenters. The number of carbonyl (C=O) groups is 1. The lowest BCUT2D eigenvalue weighted by atomic mass is 10.2. The molecule has 1 rings (SSSR count). The molecule has 0 amide bonds. The van der Waals surface area contributed by atoms with Crippen molar-refractivity contribution in [3.63, 3.8) is 0 Å². The van der Waals surface area contributed by atoms with Crippen LogP contribution in [-0.2, 0) is 4.79 Å². The third-order valence-corrected chi connectivity index (χ3v) is 3.21. The van der Waals surface area contributed by atoms with Gasteiger partial charge in [-0.3, -0.25) is 4.79 Å². The first-order chi connectivity index (χ1) is 5.74. The molecule has 1 aliphatic rings. The molecule has 4 heteroatoms. The number of hydrogen-bond donors (Lipinski definition) is 2. The van der Waals surface area contributed by atoms with Gasteiger partial charge in [-0.15, -0.1) is 0 Å². The topological polar surface area (TPSA) is 57.5 Å². The Balaban J connectivity index is 1.97. The highest BCUT2D eigenvalue weighted by molar-refractivity contribution is 7.99. The van der Waals surface area contributed by atoms with Crippen molar-refractivity contribution in [2.24, 2.45) is 11.8 Å². The standard InChI is InChI=1S/C8H14O3S/c9-1-2-12-5-7-3-6(7)4-8(10)11/h6-7,9H,1-5H2,(H,10,11)/t6-,7+/m0/s1. The Morgan fingerprint density at radius 2 is 2.25 bits per heavy atom. The summed E-state index contributed by atoms with van der Waals surface area (Å²) >= 11 is 1.71. The Bertz CT molecular complexity index is 160. The predicted molar refractivity (Wildman–Crippen MR) is 48.3 cm³/mol. The fraction of sp³-hybridized carbons (Fsp3) is 0.875. The van der Waals surface area contributed by atoms with Crippen LogP contribution in [0.1, 0.15) is 12.8 Å². The van der Waals surface area contributed by atoms with Crippen molar-refractivity contribution in [1.82, 2.24) is 0 Å². The number of hydrogen-bond acceptors (Lipinski definition) is 3. The van der Waals surface area contributed by atoms with Crippen LogP contribution >= 0.6 is 11.8 Å². The Morgan fingerprint density at radius 3 is 2.83 bits per heavy atom. The number of carboxylic acid groups (broad SMARTS) is 1. The molecular formula is C8H14O3S. The molecule has 0 bridgehead atoms. The predicted octanol–water partition coefficient (Wildman–Crippen LogP) is 0.823. The summed E-state index contributed by atoms with van der Waals surface area (Å²) in [6.07, 6.45) is 1.38. The van der Waals surface area contributed by atoms with E-state index in [-0.39, 0.29) is 6.61 Å². The highest BCUT2D eigenvalue weighted by Gasteiger charge is 2.37. The van der Waals surface area contributed by atoms with E-state index in [1.54, 1.807) is 11.8 Å². The number of aliphatic hydroxyl groups is 1. The summed E-state index contributed by atoms with van der Waals surface area (Å²) in [6, 6.07) is 0. The maximum absolute atomic E-state index is 10.3. The molecule has 70 valence electrons. The minimum absolute atomic E-state index is 0.223. The van der Waals surface area contributed by atoms with Gasteiger partial charge >= 0.3 is 5.97 Å². The van der Waals surface area contributed by atoms with Gasteiger partial charge in [0.05, 0.1) is 6.61 Å².